The molecule has 0 atom stereocenters. The molecule has 0 saturated carbocycles. The molecule has 0 aromatic carbocycles. The third-order valence-corrected chi connectivity index (χ3v) is 4.53. The van der Waals surface area contributed by atoms with E-state index in [1.807, 2.05) is 18.8 Å². The van der Waals surface area contributed by atoms with E-state index in [-0.39, 0.29) is 24.0 Å². The first-order valence-electron chi connectivity index (χ1n) is 9.94. The van der Waals surface area contributed by atoms with Crippen molar-refractivity contribution in [3.8, 4) is 0 Å². The number of unbranched alkanes of at least 4 members (excludes halogenated alkanes) is 4. The fraction of sp³-hybridized carbons (Fsp3) is 0.800. The predicted octanol–water partition coefficient (Wildman–Crippen LogP) is 3.68. The summed E-state index contributed by atoms with van der Waals surface area (Å²) < 4.78 is 1.91. The molecule has 0 aliphatic carbocycles. The highest BCUT2D eigenvalue weighted by Crippen LogP contribution is 2.18. The molecule has 1 N–H and O–H groups in total. The van der Waals surface area contributed by atoms with Gasteiger partial charge in [-0.05, 0) is 39.4 Å². The van der Waals surface area contributed by atoms with Crippen molar-refractivity contribution in [1.29, 1.82) is 0 Å². The molecule has 0 bridgehead atoms. The molecule has 0 radical (unpaired) electrons. The van der Waals surface area contributed by atoms with Crippen LogP contribution >= 0.6 is 24.0 Å². The summed E-state index contributed by atoms with van der Waals surface area (Å²) in [5.41, 5.74) is 2.45. The maximum absolute atomic E-state index is 4.60. The smallest absolute Gasteiger partial charge is 0.193 e. The first-order valence-corrected chi connectivity index (χ1v) is 9.94. The maximum atomic E-state index is 4.60. The molecule has 0 aliphatic heterocycles. The first kappa shape index (κ1) is 26.2. The Morgan fingerprint density at radius 3 is 2.37 bits per heavy atom. The first-order chi connectivity index (χ1) is 12.3. The van der Waals surface area contributed by atoms with Crippen molar-refractivity contribution in [2.45, 2.75) is 58.4 Å². The molecule has 0 saturated heterocycles. The van der Waals surface area contributed by atoms with E-state index in [1.54, 1.807) is 0 Å². The second kappa shape index (κ2) is 14.2. The van der Waals surface area contributed by atoms with Crippen LogP contribution in [-0.4, -0.2) is 66.8 Å². The van der Waals surface area contributed by atoms with E-state index in [1.165, 1.54) is 49.9 Å². The zero-order valence-corrected chi connectivity index (χ0v) is 20.8. The van der Waals surface area contributed by atoms with Gasteiger partial charge in [-0.25, -0.2) is 0 Å². The van der Waals surface area contributed by atoms with Crippen LogP contribution in [0.4, 0.5) is 0 Å². The van der Waals surface area contributed by atoms with Gasteiger partial charge >= 0.3 is 0 Å². The van der Waals surface area contributed by atoms with Crippen molar-refractivity contribution in [3.05, 3.63) is 17.5 Å². The van der Waals surface area contributed by atoms with E-state index in [9.17, 15) is 0 Å². The second-order valence-electron chi connectivity index (χ2n) is 7.77. The molecular formula is C20H41IN6. The van der Waals surface area contributed by atoms with Gasteiger partial charge in [0.25, 0.3) is 0 Å². The summed E-state index contributed by atoms with van der Waals surface area (Å²) in [7, 11) is 10.2. The molecule has 1 heterocycles. The zero-order valence-electron chi connectivity index (χ0n) is 18.5. The molecule has 7 heteroatoms. The van der Waals surface area contributed by atoms with E-state index in [0.29, 0.717) is 5.92 Å². The average molecular weight is 492 g/mol. The Bertz CT molecular complexity index is 539. The quantitative estimate of drug-likeness (QED) is 0.222. The van der Waals surface area contributed by atoms with Crippen LogP contribution in [-0.2, 0) is 13.6 Å². The van der Waals surface area contributed by atoms with Crippen LogP contribution in [0.25, 0.3) is 0 Å². The normalized spacial score (nSPS) is 11.8. The third-order valence-electron chi connectivity index (χ3n) is 4.53. The van der Waals surface area contributed by atoms with E-state index < -0.39 is 0 Å². The Morgan fingerprint density at radius 1 is 1.15 bits per heavy atom. The Hall–Kier alpha value is -0.830. The zero-order chi connectivity index (χ0) is 19.5. The van der Waals surface area contributed by atoms with Crippen molar-refractivity contribution in [2.24, 2.45) is 12.0 Å². The second-order valence-corrected chi connectivity index (χ2v) is 7.77. The van der Waals surface area contributed by atoms with Crippen LogP contribution in [0.1, 0.15) is 63.1 Å². The van der Waals surface area contributed by atoms with Gasteiger partial charge in [-0.15, -0.1) is 24.0 Å². The Labute approximate surface area is 183 Å². The summed E-state index contributed by atoms with van der Waals surface area (Å²) in [6.45, 7) is 7.39. The number of rotatable bonds is 11. The topological polar surface area (TPSA) is 48.7 Å². The van der Waals surface area contributed by atoms with E-state index in [0.717, 1.165) is 19.0 Å². The molecule has 0 aliphatic rings. The van der Waals surface area contributed by atoms with E-state index in [4.69, 9.17) is 0 Å². The monoisotopic (exact) mass is 492 g/mol. The van der Waals surface area contributed by atoms with Gasteiger partial charge in [0.15, 0.2) is 5.96 Å². The van der Waals surface area contributed by atoms with Gasteiger partial charge in [0.2, 0.25) is 0 Å². The third kappa shape index (κ3) is 10.3. The molecular weight excluding hydrogens is 451 g/mol. The van der Waals surface area contributed by atoms with Gasteiger partial charge in [-0.2, -0.15) is 5.10 Å². The lowest BCUT2D eigenvalue weighted by atomic mass is 10.1. The average Bonchev–Trinajstić information content (AvgIpc) is 2.93. The number of hydrogen-bond acceptors (Lipinski definition) is 3. The number of halogens is 1. The van der Waals surface area contributed by atoms with Crippen molar-refractivity contribution >= 4 is 29.9 Å². The highest BCUT2D eigenvalue weighted by molar-refractivity contribution is 14.0. The van der Waals surface area contributed by atoms with Crippen LogP contribution < -0.4 is 5.32 Å². The Balaban J connectivity index is 0.00000676. The van der Waals surface area contributed by atoms with Gasteiger partial charge in [-0.3, -0.25) is 9.67 Å². The predicted molar refractivity (Wildman–Crippen MR) is 127 cm³/mol. The number of aryl methyl sites for hydroxylation is 1. The lowest BCUT2D eigenvalue weighted by Crippen LogP contribution is -2.39. The summed E-state index contributed by atoms with van der Waals surface area (Å²) in [5, 5.41) is 8.09. The van der Waals surface area contributed by atoms with Crippen LogP contribution in [0.3, 0.4) is 0 Å². The van der Waals surface area contributed by atoms with Crippen molar-refractivity contribution in [3.63, 3.8) is 0 Å². The summed E-state index contributed by atoms with van der Waals surface area (Å²) >= 11 is 0. The maximum Gasteiger partial charge on any atom is 0.193 e. The molecule has 1 aromatic heterocycles. The van der Waals surface area contributed by atoms with Crippen LogP contribution in [0, 0.1) is 0 Å². The standard InChI is InChI=1S/C20H40N6.HI/c1-17(2)19-18(16-26(7)23-19)15-25(6)20(21-3)22-13-11-9-8-10-12-14-24(4)5;/h16-17H,8-15H2,1-7H3,(H,21,22);1H. The van der Waals surface area contributed by atoms with Gasteiger partial charge in [0.05, 0.1) is 5.69 Å². The van der Waals surface area contributed by atoms with E-state index >= 15 is 0 Å². The number of aliphatic imine (C=N–C) groups is 1. The molecule has 1 aromatic rings. The van der Waals surface area contributed by atoms with Gasteiger partial charge < -0.3 is 15.1 Å². The number of aromatic nitrogens is 2. The van der Waals surface area contributed by atoms with Crippen LogP contribution in [0.5, 0.6) is 0 Å². The fourth-order valence-corrected chi connectivity index (χ4v) is 3.16. The summed E-state index contributed by atoms with van der Waals surface area (Å²) in [6.07, 6.45) is 8.53. The van der Waals surface area contributed by atoms with Gasteiger partial charge in [0, 0.05) is 46.0 Å². The number of guanidine groups is 1. The molecule has 0 amide bonds. The lowest BCUT2D eigenvalue weighted by Gasteiger charge is -2.22. The SMILES string of the molecule is CN=C(NCCCCCCCN(C)C)N(C)Cc1cn(C)nc1C(C)C.I. The number of hydrogen-bond donors (Lipinski definition) is 1. The molecule has 0 fully saturated rings. The molecule has 0 unspecified atom stereocenters. The molecule has 0 spiro atoms. The Kier molecular flexibility index (Phi) is 13.8. The lowest BCUT2D eigenvalue weighted by molar-refractivity contribution is 0.389. The largest absolute Gasteiger partial charge is 0.356 e. The number of nitrogens with one attached hydrogen (secondary N) is 1. The summed E-state index contributed by atoms with van der Waals surface area (Å²) in [4.78, 5) is 8.87. The Morgan fingerprint density at radius 2 is 1.78 bits per heavy atom. The minimum absolute atomic E-state index is 0. The minimum atomic E-state index is 0. The molecule has 6 nitrogen and oxygen atoms in total. The molecule has 158 valence electrons. The minimum Gasteiger partial charge on any atom is -0.356 e. The van der Waals surface area contributed by atoms with Gasteiger partial charge in [-0.1, -0.05) is 33.1 Å². The summed E-state index contributed by atoms with van der Waals surface area (Å²) in [6, 6.07) is 0. The highest BCUT2D eigenvalue weighted by Gasteiger charge is 2.14. The summed E-state index contributed by atoms with van der Waals surface area (Å²) in [5.74, 6) is 1.39. The van der Waals surface area contributed by atoms with Crippen LogP contribution in [0.2, 0.25) is 0 Å². The van der Waals surface area contributed by atoms with Crippen molar-refractivity contribution in [1.82, 2.24) is 24.9 Å². The fourth-order valence-electron chi connectivity index (χ4n) is 3.16. The van der Waals surface area contributed by atoms with Crippen molar-refractivity contribution < 1.29 is 0 Å². The van der Waals surface area contributed by atoms with E-state index in [2.05, 4.69) is 66.4 Å². The molecule has 1 rings (SSSR count). The van der Waals surface area contributed by atoms with Gasteiger partial charge in [0.1, 0.15) is 0 Å². The van der Waals surface area contributed by atoms with Crippen molar-refractivity contribution in [2.75, 3.05) is 41.3 Å². The van der Waals surface area contributed by atoms with Crippen LogP contribution in [0.15, 0.2) is 11.2 Å². The highest BCUT2D eigenvalue weighted by atomic mass is 127. The molecule has 27 heavy (non-hydrogen) atoms. The number of nitrogens with zero attached hydrogens (tertiary/aromatic N) is 5.